The zero-order chi connectivity index (χ0) is 18.0. The number of hydrogen-bond acceptors (Lipinski definition) is 3. The first-order valence-corrected chi connectivity index (χ1v) is 8.98. The summed E-state index contributed by atoms with van der Waals surface area (Å²) in [6.45, 7) is 7.82. The highest BCUT2D eigenvalue weighted by Gasteiger charge is 2.33. The molecule has 0 saturated carbocycles. The van der Waals surface area contributed by atoms with Gasteiger partial charge in [-0.25, -0.2) is 4.79 Å². The molecule has 2 aliphatic rings. The van der Waals surface area contributed by atoms with Crippen LogP contribution in [0.5, 0.6) is 0 Å². The normalized spacial score (nSPS) is 23.5. The monoisotopic (exact) mass is 345 g/mol. The Kier molecular flexibility index (Phi) is 4.99. The molecule has 0 spiro atoms. The van der Waals surface area contributed by atoms with E-state index in [9.17, 15) is 9.59 Å². The molecular formula is C19H27N3O3. The Morgan fingerprint density at radius 3 is 2.84 bits per heavy atom. The molecule has 0 radical (unpaired) electrons. The van der Waals surface area contributed by atoms with Crippen molar-refractivity contribution in [1.82, 2.24) is 4.90 Å². The van der Waals surface area contributed by atoms with Crippen molar-refractivity contribution in [2.24, 2.45) is 0 Å². The van der Waals surface area contributed by atoms with Crippen LogP contribution in [0.25, 0.3) is 0 Å². The molecule has 3 amide bonds. The lowest BCUT2D eigenvalue weighted by Crippen LogP contribution is -2.54. The minimum Gasteiger partial charge on any atom is -0.369 e. The van der Waals surface area contributed by atoms with Gasteiger partial charge in [-0.3, -0.25) is 4.79 Å². The predicted octanol–water partition coefficient (Wildman–Crippen LogP) is 3.23. The van der Waals surface area contributed by atoms with Crippen LogP contribution in [-0.2, 0) is 9.53 Å². The largest absolute Gasteiger partial charge is 0.369 e. The Bertz CT molecular complexity index is 659. The van der Waals surface area contributed by atoms with Gasteiger partial charge in [-0.1, -0.05) is 6.07 Å². The molecule has 1 unspecified atom stereocenters. The molecule has 3 rings (SSSR count). The second-order valence-electron chi connectivity index (χ2n) is 7.55. The average molecular weight is 345 g/mol. The SMILES string of the molecule is CC1CN(C(=O)Nc2cccc(N3CCCCC3=O)c2)CC(C)(C)O1. The van der Waals surface area contributed by atoms with Gasteiger partial charge < -0.3 is 19.9 Å². The number of carbonyl (C=O) groups is 2. The van der Waals surface area contributed by atoms with Gasteiger partial charge in [0, 0.05) is 30.9 Å². The molecule has 2 heterocycles. The highest BCUT2D eigenvalue weighted by molar-refractivity contribution is 5.95. The van der Waals surface area contributed by atoms with Crippen molar-refractivity contribution in [2.45, 2.75) is 51.7 Å². The summed E-state index contributed by atoms with van der Waals surface area (Å²) in [5.41, 5.74) is 1.20. The third kappa shape index (κ3) is 4.31. The van der Waals surface area contributed by atoms with Crippen molar-refractivity contribution in [3.63, 3.8) is 0 Å². The lowest BCUT2D eigenvalue weighted by molar-refractivity contribution is -0.119. The number of nitrogens with zero attached hydrogens (tertiary/aromatic N) is 2. The molecule has 136 valence electrons. The van der Waals surface area contributed by atoms with E-state index in [1.165, 1.54) is 0 Å². The number of hydrogen-bond donors (Lipinski definition) is 1. The predicted molar refractivity (Wildman–Crippen MR) is 97.9 cm³/mol. The number of carbonyl (C=O) groups excluding carboxylic acids is 2. The van der Waals surface area contributed by atoms with Gasteiger partial charge in [-0.2, -0.15) is 0 Å². The van der Waals surface area contributed by atoms with Gasteiger partial charge in [0.1, 0.15) is 0 Å². The summed E-state index contributed by atoms with van der Waals surface area (Å²) in [5.74, 6) is 0.151. The Hall–Kier alpha value is -2.08. The highest BCUT2D eigenvalue weighted by Crippen LogP contribution is 2.25. The lowest BCUT2D eigenvalue weighted by Gasteiger charge is -2.41. The molecule has 0 aromatic heterocycles. The van der Waals surface area contributed by atoms with E-state index in [0.717, 1.165) is 25.1 Å². The molecule has 6 heteroatoms. The first-order chi connectivity index (χ1) is 11.8. The zero-order valence-electron chi connectivity index (χ0n) is 15.2. The topological polar surface area (TPSA) is 61.9 Å². The maximum Gasteiger partial charge on any atom is 0.322 e. The van der Waals surface area contributed by atoms with E-state index < -0.39 is 0 Å². The van der Waals surface area contributed by atoms with Gasteiger partial charge in [0.2, 0.25) is 5.91 Å². The van der Waals surface area contributed by atoms with Crippen molar-refractivity contribution in [3.05, 3.63) is 24.3 Å². The molecule has 2 fully saturated rings. The van der Waals surface area contributed by atoms with Crippen LogP contribution in [0.4, 0.5) is 16.2 Å². The summed E-state index contributed by atoms with van der Waals surface area (Å²) in [6.07, 6.45) is 2.57. The number of piperidine rings is 1. The van der Waals surface area contributed by atoms with Gasteiger partial charge in [0.15, 0.2) is 0 Å². The fraction of sp³-hybridized carbons (Fsp3) is 0.579. The number of amides is 3. The number of anilines is 2. The summed E-state index contributed by atoms with van der Waals surface area (Å²) in [7, 11) is 0. The van der Waals surface area contributed by atoms with E-state index in [1.807, 2.05) is 45.0 Å². The minimum absolute atomic E-state index is 0.00630. The maximum absolute atomic E-state index is 12.6. The van der Waals surface area contributed by atoms with E-state index in [-0.39, 0.29) is 23.6 Å². The van der Waals surface area contributed by atoms with Crippen LogP contribution in [0.15, 0.2) is 24.3 Å². The molecule has 1 atom stereocenters. The van der Waals surface area contributed by atoms with Crippen molar-refractivity contribution >= 4 is 23.3 Å². The first kappa shape index (κ1) is 17.7. The number of benzene rings is 1. The summed E-state index contributed by atoms with van der Waals surface area (Å²) in [4.78, 5) is 28.3. The summed E-state index contributed by atoms with van der Waals surface area (Å²) in [6, 6.07) is 7.38. The highest BCUT2D eigenvalue weighted by atomic mass is 16.5. The molecule has 1 N–H and O–H groups in total. The number of urea groups is 1. The molecule has 2 saturated heterocycles. The van der Waals surface area contributed by atoms with Gasteiger partial charge >= 0.3 is 6.03 Å². The van der Waals surface area contributed by atoms with Crippen molar-refractivity contribution in [1.29, 1.82) is 0 Å². The molecule has 25 heavy (non-hydrogen) atoms. The third-order valence-electron chi connectivity index (χ3n) is 4.59. The standard InChI is InChI=1S/C19H27N3O3/c1-14-12-21(13-19(2,3)25-14)18(24)20-15-7-6-8-16(11-15)22-10-5-4-9-17(22)23/h6-8,11,14H,4-5,9-10,12-13H2,1-3H3,(H,20,24). The van der Waals surface area contributed by atoms with Gasteiger partial charge in [-0.15, -0.1) is 0 Å². The minimum atomic E-state index is -0.350. The molecular weight excluding hydrogens is 318 g/mol. The summed E-state index contributed by atoms with van der Waals surface area (Å²) < 4.78 is 5.85. The second kappa shape index (κ2) is 7.04. The second-order valence-corrected chi connectivity index (χ2v) is 7.55. The van der Waals surface area contributed by atoms with E-state index in [4.69, 9.17) is 4.74 Å². The maximum atomic E-state index is 12.6. The fourth-order valence-electron chi connectivity index (χ4n) is 3.64. The van der Waals surface area contributed by atoms with Gasteiger partial charge in [0.05, 0.1) is 18.2 Å². The van der Waals surface area contributed by atoms with Crippen molar-refractivity contribution in [2.75, 3.05) is 29.9 Å². The third-order valence-corrected chi connectivity index (χ3v) is 4.59. The summed E-state index contributed by atoms with van der Waals surface area (Å²) >= 11 is 0. The number of morpholine rings is 1. The molecule has 0 bridgehead atoms. The van der Waals surface area contributed by atoms with Crippen molar-refractivity contribution < 1.29 is 14.3 Å². The Morgan fingerprint density at radius 1 is 1.32 bits per heavy atom. The lowest BCUT2D eigenvalue weighted by atomic mass is 10.1. The molecule has 0 aliphatic carbocycles. The number of nitrogens with one attached hydrogen (secondary N) is 1. The van der Waals surface area contributed by atoms with Crippen LogP contribution in [0.1, 0.15) is 40.0 Å². The van der Waals surface area contributed by atoms with E-state index >= 15 is 0 Å². The number of ether oxygens (including phenoxy) is 1. The zero-order valence-corrected chi connectivity index (χ0v) is 15.2. The van der Waals surface area contributed by atoms with E-state index in [1.54, 1.807) is 9.80 Å². The molecule has 1 aromatic carbocycles. The van der Waals surface area contributed by atoms with Gasteiger partial charge in [-0.05, 0) is 51.8 Å². The fourth-order valence-corrected chi connectivity index (χ4v) is 3.64. The van der Waals surface area contributed by atoms with Crippen LogP contribution in [0.2, 0.25) is 0 Å². The van der Waals surface area contributed by atoms with Crippen LogP contribution in [0.3, 0.4) is 0 Å². The molecule has 1 aromatic rings. The first-order valence-electron chi connectivity index (χ1n) is 8.98. The quantitative estimate of drug-likeness (QED) is 0.895. The van der Waals surface area contributed by atoms with E-state index in [2.05, 4.69) is 5.32 Å². The smallest absolute Gasteiger partial charge is 0.322 e. The van der Waals surface area contributed by atoms with Crippen LogP contribution < -0.4 is 10.2 Å². The van der Waals surface area contributed by atoms with Gasteiger partial charge in [0.25, 0.3) is 0 Å². The van der Waals surface area contributed by atoms with Crippen molar-refractivity contribution in [3.8, 4) is 0 Å². The molecule has 2 aliphatic heterocycles. The van der Waals surface area contributed by atoms with E-state index in [0.29, 0.717) is 25.2 Å². The molecule has 6 nitrogen and oxygen atoms in total. The summed E-state index contributed by atoms with van der Waals surface area (Å²) in [5, 5.41) is 2.96. The average Bonchev–Trinajstić information content (AvgIpc) is 2.53. The van der Waals surface area contributed by atoms with Crippen LogP contribution in [0, 0.1) is 0 Å². The number of rotatable bonds is 2. The van der Waals surface area contributed by atoms with Crippen LogP contribution in [-0.4, -0.2) is 48.2 Å². The Balaban J connectivity index is 1.69. The van der Waals surface area contributed by atoms with Crippen LogP contribution >= 0.6 is 0 Å². The Labute approximate surface area is 149 Å². The Morgan fingerprint density at radius 2 is 2.12 bits per heavy atom.